The molecule has 1 atom stereocenters. The van der Waals surface area contributed by atoms with Gasteiger partial charge < -0.3 is 4.74 Å². The smallest absolute Gasteiger partial charge is 0.422 e. The molecule has 0 aromatic rings. The summed E-state index contributed by atoms with van der Waals surface area (Å²) >= 11 is 0. The van der Waals surface area contributed by atoms with Gasteiger partial charge in [-0.3, -0.25) is 4.79 Å². The molecule has 0 bridgehead atoms. The molecule has 2 nitrogen and oxygen atoms in total. The molecule has 0 heterocycles. The highest BCUT2D eigenvalue weighted by molar-refractivity contribution is 5.80. The Morgan fingerprint density at radius 1 is 0.900 bits per heavy atom. The number of hydrogen-bond donors (Lipinski definition) is 0. The molecule has 0 radical (unpaired) electrons. The highest BCUT2D eigenvalue weighted by Crippen LogP contribution is 2.60. The first-order chi connectivity index (χ1) is 8.63. The zero-order valence-electron chi connectivity index (χ0n) is 10.0. The summed E-state index contributed by atoms with van der Waals surface area (Å²) in [6, 6.07) is 0. The molecule has 11 heteroatoms. The van der Waals surface area contributed by atoms with Crippen LogP contribution in [-0.4, -0.2) is 30.6 Å². The lowest BCUT2D eigenvalue weighted by Gasteiger charge is -2.36. The van der Waals surface area contributed by atoms with Crippen LogP contribution >= 0.6 is 0 Å². The van der Waals surface area contributed by atoms with Gasteiger partial charge in [-0.15, -0.1) is 0 Å². The van der Waals surface area contributed by atoms with E-state index in [0.717, 1.165) is 6.92 Å². The van der Waals surface area contributed by atoms with Gasteiger partial charge in [-0.05, 0) is 13.3 Å². The molecule has 1 unspecified atom stereocenters. The monoisotopic (exact) mass is 320 g/mol. The maximum Gasteiger partial charge on any atom is 0.422 e. The van der Waals surface area contributed by atoms with Crippen molar-refractivity contribution in [2.24, 2.45) is 5.41 Å². The van der Waals surface area contributed by atoms with Crippen LogP contribution in [0.1, 0.15) is 20.3 Å². The van der Waals surface area contributed by atoms with E-state index in [0.29, 0.717) is 0 Å². The summed E-state index contributed by atoms with van der Waals surface area (Å²) in [5.41, 5.74) is -6.56. The molecule has 0 amide bonds. The van der Waals surface area contributed by atoms with Crippen molar-refractivity contribution in [2.75, 3.05) is 0 Å². The van der Waals surface area contributed by atoms with E-state index >= 15 is 0 Å². The van der Waals surface area contributed by atoms with Gasteiger partial charge in [0, 0.05) is 0 Å². The first kappa shape index (κ1) is 18.8. The average molecular weight is 320 g/mol. The van der Waals surface area contributed by atoms with Gasteiger partial charge in [0.15, 0.2) is 0 Å². The minimum atomic E-state index is -6.94. The zero-order valence-corrected chi connectivity index (χ0v) is 10.0. The summed E-state index contributed by atoms with van der Waals surface area (Å²) in [5, 5.41) is 0. The Kier molecular flexibility index (Phi) is 5.01. The Bertz CT molecular complexity index is 316. The number of rotatable bonds is 3. The first-order valence-electron chi connectivity index (χ1n) is 5.04. The lowest BCUT2D eigenvalue weighted by atomic mass is 9.85. The molecular weight excluding hydrogens is 311 g/mol. The van der Waals surface area contributed by atoms with E-state index in [-0.39, 0.29) is 6.42 Å². The van der Waals surface area contributed by atoms with Crippen molar-refractivity contribution in [1.29, 1.82) is 0 Å². The average Bonchev–Trinajstić information content (AvgIpc) is 2.10. The number of carbonyl (C=O) groups is 1. The number of carbonyl (C=O) groups excluding carboxylic acids is 1. The van der Waals surface area contributed by atoms with Gasteiger partial charge in [0.1, 0.15) is 0 Å². The molecule has 0 saturated carbocycles. The standard InChI is InChI=1S/C9H9F9O2/c1-3-4(2)20-5(19)6(7(10,11)12,8(13,14)15)9(16,17)18/h4H,3H2,1-2H3. The van der Waals surface area contributed by atoms with E-state index in [9.17, 15) is 44.3 Å². The molecule has 0 N–H and O–H groups in total. The van der Waals surface area contributed by atoms with E-state index < -0.39 is 36.0 Å². The largest absolute Gasteiger partial charge is 0.462 e. The fourth-order valence-electron chi connectivity index (χ4n) is 1.18. The van der Waals surface area contributed by atoms with Gasteiger partial charge in [0.2, 0.25) is 0 Å². The summed E-state index contributed by atoms with van der Waals surface area (Å²) in [5.74, 6) is -3.43. The SMILES string of the molecule is CCC(C)OC(=O)C(C(F)(F)F)(C(F)(F)F)C(F)(F)F. The summed E-state index contributed by atoms with van der Waals surface area (Å²) < 4.78 is 116. The normalized spacial score (nSPS) is 15.9. The van der Waals surface area contributed by atoms with Gasteiger partial charge in [-0.1, -0.05) is 6.92 Å². The molecule has 0 rings (SSSR count). The van der Waals surface area contributed by atoms with Crippen molar-refractivity contribution in [3.8, 4) is 0 Å². The van der Waals surface area contributed by atoms with Crippen LogP contribution in [0.2, 0.25) is 0 Å². The predicted octanol–water partition coefficient (Wildman–Crippen LogP) is 4.00. The third-order valence-corrected chi connectivity index (χ3v) is 2.46. The molecule has 0 aromatic heterocycles. The molecule has 0 aliphatic carbocycles. The Labute approximate surface area is 106 Å². The molecule has 20 heavy (non-hydrogen) atoms. The summed E-state index contributed by atoms with van der Waals surface area (Å²) in [7, 11) is 0. The Morgan fingerprint density at radius 2 is 1.20 bits per heavy atom. The molecule has 0 spiro atoms. The second-order valence-corrected chi connectivity index (χ2v) is 3.87. The maximum absolute atomic E-state index is 12.4. The van der Waals surface area contributed by atoms with Gasteiger partial charge in [0.25, 0.3) is 0 Å². The molecule has 0 fully saturated rings. The maximum atomic E-state index is 12.4. The van der Waals surface area contributed by atoms with E-state index in [4.69, 9.17) is 0 Å². The highest BCUT2D eigenvalue weighted by atomic mass is 19.4. The summed E-state index contributed by atoms with van der Waals surface area (Å²) in [6.07, 6.45) is -22.6. The second kappa shape index (κ2) is 5.32. The topological polar surface area (TPSA) is 26.3 Å². The first-order valence-corrected chi connectivity index (χ1v) is 5.04. The third kappa shape index (κ3) is 2.95. The van der Waals surface area contributed by atoms with Crippen molar-refractivity contribution in [1.82, 2.24) is 0 Å². The lowest BCUT2D eigenvalue weighted by molar-refractivity contribution is -0.412. The fraction of sp³-hybridized carbons (Fsp3) is 0.889. The van der Waals surface area contributed by atoms with E-state index in [2.05, 4.69) is 4.74 Å². The Morgan fingerprint density at radius 3 is 1.40 bits per heavy atom. The highest BCUT2D eigenvalue weighted by Gasteiger charge is 2.89. The van der Waals surface area contributed by atoms with Crippen LogP contribution in [0.4, 0.5) is 39.5 Å². The summed E-state index contributed by atoms with van der Waals surface area (Å²) in [4.78, 5) is 11.0. The van der Waals surface area contributed by atoms with Crippen LogP contribution in [0.3, 0.4) is 0 Å². The molecule has 0 saturated heterocycles. The van der Waals surface area contributed by atoms with Gasteiger partial charge in [0.05, 0.1) is 6.10 Å². The predicted molar refractivity (Wildman–Crippen MR) is 46.4 cm³/mol. The van der Waals surface area contributed by atoms with Crippen LogP contribution in [0.25, 0.3) is 0 Å². The van der Waals surface area contributed by atoms with E-state index in [1.807, 2.05) is 0 Å². The quantitative estimate of drug-likeness (QED) is 0.580. The third-order valence-electron chi connectivity index (χ3n) is 2.46. The Balaban J connectivity index is 6.13. The van der Waals surface area contributed by atoms with E-state index in [1.165, 1.54) is 6.92 Å². The van der Waals surface area contributed by atoms with Crippen molar-refractivity contribution < 1.29 is 49.0 Å². The van der Waals surface area contributed by atoms with Crippen LogP contribution in [0.15, 0.2) is 0 Å². The number of ether oxygens (including phenoxy) is 1. The minimum absolute atomic E-state index is 0.255. The van der Waals surface area contributed by atoms with Gasteiger partial charge in [-0.25, -0.2) is 0 Å². The fourth-order valence-corrected chi connectivity index (χ4v) is 1.18. The van der Waals surface area contributed by atoms with Gasteiger partial charge >= 0.3 is 29.9 Å². The number of hydrogen-bond acceptors (Lipinski definition) is 2. The number of esters is 1. The number of alkyl halides is 9. The van der Waals surface area contributed by atoms with Crippen LogP contribution < -0.4 is 0 Å². The molecule has 0 aliphatic heterocycles. The van der Waals surface area contributed by atoms with Crippen LogP contribution in [0.5, 0.6) is 0 Å². The van der Waals surface area contributed by atoms with E-state index in [1.54, 1.807) is 0 Å². The molecular formula is C9H9F9O2. The number of halogens is 9. The molecule has 0 aliphatic rings. The zero-order chi connectivity index (χ0) is 16.6. The molecule has 0 aromatic carbocycles. The molecule has 120 valence electrons. The van der Waals surface area contributed by atoms with Crippen LogP contribution in [-0.2, 0) is 9.53 Å². The minimum Gasteiger partial charge on any atom is -0.462 e. The van der Waals surface area contributed by atoms with Crippen molar-refractivity contribution >= 4 is 5.97 Å². The van der Waals surface area contributed by atoms with Crippen molar-refractivity contribution in [3.63, 3.8) is 0 Å². The van der Waals surface area contributed by atoms with Gasteiger partial charge in [-0.2, -0.15) is 39.5 Å². The second-order valence-electron chi connectivity index (χ2n) is 3.87. The Hall–Kier alpha value is -1.16. The van der Waals surface area contributed by atoms with Crippen molar-refractivity contribution in [2.45, 2.75) is 44.9 Å². The van der Waals surface area contributed by atoms with Crippen molar-refractivity contribution in [3.05, 3.63) is 0 Å². The lowest BCUT2D eigenvalue weighted by Crippen LogP contribution is -2.65. The summed E-state index contributed by atoms with van der Waals surface area (Å²) in [6.45, 7) is 2.07. The van der Waals surface area contributed by atoms with Crippen LogP contribution in [0, 0.1) is 5.41 Å².